The summed E-state index contributed by atoms with van der Waals surface area (Å²) in [5.41, 5.74) is 10.5. The van der Waals surface area contributed by atoms with Crippen molar-refractivity contribution in [3.8, 4) is 33.4 Å². The van der Waals surface area contributed by atoms with E-state index in [-0.39, 0.29) is 5.41 Å². The summed E-state index contributed by atoms with van der Waals surface area (Å²) in [6.07, 6.45) is 0. The van der Waals surface area contributed by atoms with Crippen molar-refractivity contribution in [1.29, 1.82) is 0 Å². The van der Waals surface area contributed by atoms with E-state index in [1.54, 1.807) is 0 Å². The first-order valence-electron chi connectivity index (χ1n) is 15.2. The summed E-state index contributed by atoms with van der Waals surface area (Å²) in [4.78, 5) is 0. The van der Waals surface area contributed by atoms with E-state index in [2.05, 4.69) is 159 Å². The molecule has 8 aromatic rings. The quantitative estimate of drug-likeness (QED) is 0.189. The zero-order valence-electron chi connectivity index (χ0n) is 24.4. The molecule has 0 saturated heterocycles. The lowest BCUT2D eigenvalue weighted by molar-refractivity contribution is 0.661. The second kappa shape index (κ2) is 8.90. The van der Waals surface area contributed by atoms with Crippen LogP contribution in [0.3, 0.4) is 0 Å². The molecule has 0 nitrogen and oxygen atoms in total. The Kier molecular flexibility index (Phi) is 5.05. The van der Waals surface area contributed by atoms with Gasteiger partial charge in [-0.25, -0.2) is 0 Å². The van der Waals surface area contributed by atoms with Gasteiger partial charge in [0.1, 0.15) is 0 Å². The Morgan fingerprint density at radius 1 is 0.349 bits per heavy atom. The highest BCUT2D eigenvalue weighted by Gasteiger charge is 2.36. The molecule has 0 aromatic heterocycles. The fourth-order valence-electron chi connectivity index (χ4n) is 7.58. The monoisotopic (exact) mass is 546 g/mol. The molecule has 8 aromatic carbocycles. The van der Waals surface area contributed by atoms with E-state index in [1.165, 1.54) is 87.6 Å². The van der Waals surface area contributed by atoms with Crippen molar-refractivity contribution in [3.63, 3.8) is 0 Å². The molecule has 0 amide bonds. The van der Waals surface area contributed by atoms with E-state index in [9.17, 15) is 0 Å². The largest absolute Gasteiger partial charge is 0.0616 e. The Bertz CT molecular complexity index is 2420. The van der Waals surface area contributed by atoms with Crippen LogP contribution in [0.15, 0.2) is 146 Å². The molecule has 43 heavy (non-hydrogen) atoms. The molecule has 0 fully saturated rings. The van der Waals surface area contributed by atoms with Gasteiger partial charge in [-0.15, -0.1) is 0 Å². The van der Waals surface area contributed by atoms with Gasteiger partial charge in [-0.1, -0.05) is 141 Å². The first-order chi connectivity index (χ1) is 21.1. The van der Waals surface area contributed by atoms with Gasteiger partial charge in [0, 0.05) is 5.41 Å². The molecule has 0 unspecified atom stereocenters. The molecule has 0 N–H and O–H groups in total. The van der Waals surface area contributed by atoms with E-state index in [1.807, 2.05) is 0 Å². The highest BCUT2D eigenvalue weighted by Crippen LogP contribution is 2.51. The van der Waals surface area contributed by atoms with Gasteiger partial charge in [-0.3, -0.25) is 0 Å². The molecule has 0 bridgehead atoms. The molecule has 0 heteroatoms. The van der Waals surface area contributed by atoms with Crippen molar-refractivity contribution in [3.05, 3.63) is 157 Å². The fourth-order valence-corrected chi connectivity index (χ4v) is 7.58. The molecule has 0 radical (unpaired) electrons. The van der Waals surface area contributed by atoms with Gasteiger partial charge in [-0.2, -0.15) is 0 Å². The van der Waals surface area contributed by atoms with Crippen molar-refractivity contribution in [1.82, 2.24) is 0 Å². The molecular weight excluding hydrogens is 516 g/mol. The minimum absolute atomic E-state index is 0.0900. The topological polar surface area (TPSA) is 0 Å². The zero-order chi connectivity index (χ0) is 28.7. The van der Waals surface area contributed by atoms with E-state index in [0.717, 1.165) is 0 Å². The van der Waals surface area contributed by atoms with Crippen LogP contribution < -0.4 is 0 Å². The van der Waals surface area contributed by atoms with E-state index in [4.69, 9.17) is 0 Å². The van der Waals surface area contributed by atoms with Gasteiger partial charge < -0.3 is 0 Å². The zero-order valence-corrected chi connectivity index (χ0v) is 24.4. The number of benzene rings is 8. The van der Waals surface area contributed by atoms with Crippen LogP contribution in [0.1, 0.15) is 25.0 Å². The Balaban J connectivity index is 1.15. The molecule has 202 valence electrons. The maximum absolute atomic E-state index is 2.44. The van der Waals surface area contributed by atoms with Crippen LogP contribution in [0.2, 0.25) is 0 Å². The minimum Gasteiger partial charge on any atom is -0.0616 e. The summed E-state index contributed by atoms with van der Waals surface area (Å²) >= 11 is 0. The van der Waals surface area contributed by atoms with Gasteiger partial charge >= 0.3 is 0 Å². The Morgan fingerprint density at radius 3 is 1.67 bits per heavy atom. The summed E-state index contributed by atoms with van der Waals surface area (Å²) in [5.74, 6) is 0. The summed E-state index contributed by atoms with van der Waals surface area (Å²) in [6, 6.07) is 54.2. The summed E-state index contributed by atoms with van der Waals surface area (Å²) < 4.78 is 0. The van der Waals surface area contributed by atoms with Gasteiger partial charge in [0.2, 0.25) is 0 Å². The van der Waals surface area contributed by atoms with Crippen LogP contribution in [0.25, 0.3) is 76.5 Å². The van der Waals surface area contributed by atoms with Crippen molar-refractivity contribution >= 4 is 43.1 Å². The molecule has 0 atom stereocenters. The lowest BCUT2D eigenvalue weighted by Gasteiger charge is -2.23. The van der Waals surface area contributed by atoms with Crippen LogP contribution >= 0.6 is 0 Å². The normalized spacial score (nSPS) is 13.5. The molecule has 0 heterocycles. The third-order valence-electron chi connectivity index (χ3n) is 9.83. The minimum atomic E-state index is -0.0900. The van der Waals surface area contributed by atoms with Crippen LogP contribution in [-0.2, 0) is 5.41 Å². The van der Waals surface area contributed by atoms with E-state index < -0.39 is 0 Å². The van der Waals surface area contributed by atoms with Crippen molar-refractivity contribution in [2.75, 3.05) is 0 Å². The number of rotatable bonds is 2. The molecule has 0 spiro atoms. The first-order valence-corrected chi connectivity index (χ1v) is 15.2. The lowest BCUT2D eigenvalue weighted by atomic mass is 9.80. The van der Waals surface area contributed by atoms with Crippen molar-refractivity contribution in [2.45, 2.75) is 19.3 Å². The Morgan fingerprint density at radius 2 is 0.884 bits per heavy atom. The van der Waals surface area contributed by atoms with Gasteiger partial charge in [0.05, 0.1) is 0 Å². The predicted molar refractivity (Wildman–Crippen MR) is 185 cm³/mol. The van der Waals surface area contributed by atoms with Crippen LogP contribution in [0.5, 0.6) is 0 Å². The fraction of sp³-hybridized carbons (Fsp3) is 0.0698. The molecule has 0 saturated carbocycles. The molecular formula is C43H30. The lowest BCUT2D eigenvalue weighted by Crippen LogP contribution is -2.15. The molecule has 1 aliphatic rings. The maximum Gasteiger partial charge on any atom is 0.0159 e. The molecule has 1 aliphatic carbocycles. The highest BCUT2D eigenvalue weighted by atomic mass is 14.4. The standard InChI is InChI=1S/C43H30/c1-43(2)40-25-31(30-18-21-37-32(24-30)17-16-29-15-14-28-9-4-6-12-36(28)42(29)37)19-22-38(40)39-23-20-33(26-41(39)43)35-13-7-10-27-8-3-5-11-34(27)35/h3-26H,1-2H3. The third kappa shape index (κ3) is 3.57. The average molecular weight is 547 g/mol. The molecule has 0 aliphatic heterocycles. The maximum atomic E-state index is 2.44. The van der Waals surface area contributed by atoms with E-state index in [0.29, 0.717) is 0 Å². The SMILES string of the molecule is CC1(C)c2cc(-c3ccc4c(ccc5ccc6ccccc6c54)c3)ccc2-c2ccc(-c3cccc4ccccc34)cc21. The first kappa shape index (κ1) is 24.4. The number of hydrogen-bond donors (Lipinski definition) is 0. The van der Waals surface area contributed by atoms with Gasteiger partial charge in [0.25, 0.3) is 0 Å². The smallest absolute Gasteiger partial charge is 0.0159 e. The van der Waals surface area contributed by atoms with Crippen molar-refractivity contribution in [2.24, 2.45) is 0 Å². The second-order valence-corrected chi connectivity index (χ2v) is 12.6. The van der Waals surface area contributed by atoms with Gasteiger partial charge in [0.15, 0.2) is 0 Å². The van der Waals surface area contributed by atoms with Crippen LogP contribution in [0, 0.1) is 0 Å². The Labute approximate surface area is 251 Å². The van der Waals surface area contributed by atoms with E-state index >= 15 is 0 Å². The number of fused-ring (bicyclic) bond motifs is 9. The Hall–Kier alpha value is -5.20. The third-order valence-corrected chi connectivity index (χ3v) is 9.83. The predicted octanol–water partition coefficient (Wildman–Crippen LogP) is 11.9. The average Bonchev–Trinajstić information content (AvgIpc) is 3.29. The summed E-state index contributed by atoms with van der Waals surface area (Å²) in [5, 5.41) is 10.4. The highest BCUT2D eigenvalue weighted by molar-refractivity contribution is 6.20. The van der Waals surface area contributed by atoms with Crippen molar-refractivity contribution < 1.29 is 0 Å². The molecule has 9 rings (SSSR count). The number of hydrogen-bond acceptors (Lipinski definition) is 0. The van der Waals surface area contributed by atoms with Gasteiger partial charge in [-0.05, 0) is 106 Å². The summed E-state index contributed by atoms with van der Waals surface area (Å²) in [7, 11) is 0. The second-order valence-electron chi connectivity index (χ2n) is 12.6. The summed E-state index contributed by atoms with van der Waals surface area (Å²) in [6.45, 7) is 4.76. The van der Waals surface area contributed by atoms with Crippen LogP contribution in [0.4, 0.5) is 0 Å². The van der Waals surface area contributed by atoms with Crippen LogP contribution in [-0.4, -0.2) is 0 Å².